The van der Waals surface area contributed by atoms with Crippen LogP contribution in [-0.4, -0.2) is 33.9 Å². The second-order valence-corrected chi connectivity index (χ2v) is 5.68. The summed E-state index contributed by atoms with van der Waals surface area (Å²) in [4.78, 5) is 22.5. The Morgan fingerprint density at radius 2 is 2.06 bits per heavy atom. The van der Waals surface area contributed by atoms with Crippen molar-refractivity contribution < 1.29 is 4.79 Å². The molecule has 2 unspecified atom stereocenters. The summed E-state index contributed by atoms with van der Waals surface area (Å²) in [7, 11) is 0. The van der Waals surface area contributed by atoms with Crippen LogP contribution in [0, 0.1) is 18.8 Å². The predicted molar refractivity (Wildman–Crippen MR) is 68.5 cm³/mol. The first-order valence-corrected chi connectivity index (χ1v) is 6.81. The van der Waals surface area contributed by atoms with E-state index in [1.807, 2.05) is 4.90 Å². The molecule has 0 radical (unpaired) electrons. The Hall–Kier alpha value is -1.16. The fraction of sp³-hybridized carbons (Fsp3) is 0.615. The summed E-state index contributed by atoms with van der Waals surface area (Å²) in [6, 6.07) is 0. The van der Waals surface area contributed by atoms with Gasteiger partial charge in [-0.25, -0.2) is 9.97 Å². The summed E-state index contributed by atoms with van der Waals surface area (Å²) < 4.78 is 0. The van der Waals surface area contributed by atoms with E-state index in [0.29, 0.717) is 28.4 Å². The van der Waals surface area contributed by atoms with E-state index in [0.717, 1.165) is 13.1 Å². The average molecular weight is 266 g/mol. The van der Waals surface area contributed by atoms with E-state index in [1.165, 1.54) is 25.5 Å². The van der Waals surface area contributed by atoms with Crippen LogP contribution in [0.25, 0.3) is 0 Å². The molecular weight excluding hydrogens is 250 g/mol. The van der Waals surface area contributed by atoms with Gasteiger partial charge in [0.05, 0.1) is 11.2 Å². The van der Waals surface area contributed by atoms with Crippen LogP contribution in [0.3, 0.4) is 0 Å². The topological polar surface area (TPSA) is 46.1 Å². The van der Waals surface area contributed by atoms with Gasteiger partial charge in [-0.2, -0.15) is 0 Å². The minimum Gasteiger partial charge on any atom is -0.337 e. The molecule has 0 bridgehead atoms. The van der Waals surface area contributed by atoms with Crippen LogP contribution in [0.5, 0.6) is 0 Å². The molecule has 1 aliphatic heterocycles. The van der Waals surface area contributed by atoms with Gasteiger partial charge in [0.2, 0.25) is 0 Å². The first-order valence-electron chi connectivity index (χ1n) is 6.43. The Morgan fingerprint density at radius 3 is 2.72 bits per heavy atom. The molecule has 2 atom stereocenters. The highest BCUT2D eigenvalue weighted by Crippen LogP contribution is 2.38. The molecule has 1 aromatic rings. The van der Waals surface area contributed by atoms with Gasteiger partial charge in [-0.3, -0.25) is 4.79 Å². The van der Waals surface area contributed by atoms with E-state index in [9.17, 15) is 4.79 Å². The molecule has 1 saturated carbocycles. The van der Waals surface area contributed by atoms with Gasteiger partial charge in [-0.1, -0.05) is 18.0 Å². The van der Waals surface area contributed by atoms with Gasteiger partial charge >= 0.3 is 0 Å². The van der Waals surface area contributed by atoms with Gasteiger partial charge in [-0.05, 0) is 31.6 Å². The molecule has 2 fully saturated rings. The second-order valence-electron chi connectivity index (χ2n) is 5.27. The Balaban J connectivity index is 1.81. The number of hydrogen-bond donors (Lipinski definition) is 0. The van der Waals surface area contributed by atoms with Gasteiger partial charge < -0.3 is 4.90 Å². The van der Waals surface area contributed by atoms with Crippen LogP contribution >= 0.6 is 11.6 Å². The summed E-state index contributed by atoms with van der Waals surface area (Å²) in [5.41, 5.74) is 0.351. The molecule has 4 nitrogen and oxygen atoms in total. The Labute approximate surface area is 111 Å². The second kappa shape index (κ2) is 4.50. The van der Waals surface area contributed by atoms with Crippen molar-refractivity contribution in [2.75, 3.05) is 13.1 Å². The quantitative estimate of drug-likeness (QED) is 0.783. The smallest absolute Gasteiger partial charge is 0.274 e. The van der Waals surface area contributed by atoms with Gasteiger partial charge in [0.1, 0.15) is 5.82 Å². The third-order valence-electron chi connectivity index (χ3n) is 4.08. The first-order chi connectivity index (χ1) is 8.65. The van der Waals surface area contributed by atoms with Crippen molar-refractivity contribution in [3.8, 4) is 0 Å². The maximum absolute atomic E-state index is 12.4. The molecule has 2 heterocycles. The lowest BCUT2D eigenvalue weighted by Crippen LogP contribution is -2.30. The summed E-state index contributed by atoms with van der Waals surface area (Å²) in [5, 5.41) is 0.350. The van der Waals surface area contributed by atoms with Crippen LogP contribution in [0.15, 0.2) is 6.20 Å². The fourth-order valence-corrected chi connectivity index (χ4v) is 3.33. The van der Waals surface area contributed by atoms with Crippen LogP contribution in [0.1, 0.15) is 35.6 Å². The lowest BCUT2D eigenvalue weighted by Gasteiger charge is -2.17. The van der Waals surface area contributed by atoms with Crippen LogP contribution in [-0.2, 0) is 0 Å². The Morgan fingerprint density at radius 1 is 1.39 bits per heavy atom. The predicted octanol–water partition coefficient (Wildman–Crippen LogP) is 2.31. The molecule has 2 aliphatic rings. The Bertz CT molecular complexity index is 479. The number of halogens is 1. The minimum atomic E-state index is -0.0418. The summed E-state index contributed by atoms with van der Waals surface area (Å²) in [6.07, 6.45) is 5.33. The molecule has 18 heavy (non-hydrogen) atoms. The highest BCUT2D eigenvalue weighted by Gasteiger charge is 2.38. The van der Waals surface area contributed by atoms with Crippen molar-refractivity contribution in [2.24, 2.45) is 11.8 Å². The van der Waals surface area contributed by atoms with E-state index in [-0.39, 0.29) is 5.91 Å². The number of aromatic nitrogens is 2. The number of carbonyl (C=O) groups is 1. The average Bonchev–Trinajstić information content (AvgIpc) is 2.91. The molecule has 5 heteroatoms. The lowest BCUT2D eigenvalue weighted by molar-refractivity contribution is 0.0774. The lowest BCUT2D eigenvalue weighted by atomic mass is 10.0. The van der Waals surface area contributed by atoms with Crippen molar-refractivity contribution in [3.05, 3.63) is 22.7 Å². The van der Waals surface area contributed by atoms with Crippen molar-refractivity contribution in [2.45, 2.75) is 26.2 Å². The number of aryl methyl sites for hydroxylation is 1. The zero-order valence-corrected chi connectivity index (χ0v) is 11.2. The Kier molecular flexibility index (Phi) is 2.98. The summed E-state index contributed by atoms with van der Waals surface area (Å²) in [5.74, 6) is 1.92. The van der Waals surface area contributed by atoms with E-state index < -0.39 is 0 Å². The summed E-state index contributed by atoms with van der Waals surface area (Å²) >= 11 is 6.02. The van der Waals surface area contributed by atoms with E-state index >= 15 is 0 Å². The van der Waals surface area contributed by atoms with E-state index in [1.54, 1.807) is 6.92 Å². The number of amides is 1. The van der Waals surface area contributed by atoms with Gasteiger partial charge in [0, 0.05) is 13.1 Å². The van der Waals surface area contributed by atoms with Crippen molar-refractivity contribution >= 4 is 17.5 Å². The zero-order valence-electron chi connectivity index (χ0n) is 10.4. The van der Waals surface area contributed by atoms with Crippen molar-refractivity contribution in [3.63, 3.8) is 0 Å². The molecular formula is C13H16ClN3O. The van der Waals surface area contributed by atoms with Gasteiger partial charge in [0.15, 0.2) is 5.69 Å². The summed E-state index contributed by atoms with van der Waals surface area (Å²) in [6.45, 7) is 3.50. The number of likely N-dealkylation sites (tertiary alicyclic amines) is 1. The fourth-order valence-electron chi connectivity index (χ4n) is 3.16. The van der Waals surface area contributed by atoms with Crippen LogP contribution in [0.4, 0.5) is 0 Å². The molecule has 96 valence electrons. The number of fused-ring (bicyclic) bond motifs is 1. The monoisotopic (exact) mass is 265 g/mol. The molecule has 1 aromatic heterocycles. The molecule has 1 saturated heterocycles. The molecule has 3 rings (SSSR count). The molecule has 0 N–H and O–H groups in total. The first kappa shape index (κ1) is 11.9. The normalized spacial score (nSPS) is 26.4. The standard InChI is InChI=1S/C13H16ClN3O/c1-8-15-5-11(14)12(16-8)13(18)17-6-9-3-2-4-10(9)7-17/h5,9-10H,2-4,6-7H2,1H3. The highest BCUT2D eigenvalue weighted by atomic mass is 35.5. The van der Waals surface area contributed by atoms with Crippen LogP contribution in [0.2, 0.25) is 5.02 Å². The molecule has 0 aromatic carbocycles. The SMILES string of the molecule is Cc1ncc(Cl)c(C(=O)N2CC3CCCC3C2)n1. The molecule has 0 spiro atoms. The highest BCUT2D eigenvalue weighted by molar-refractivity contribution is 6.33. The third-order valence-corrected chi connectivity index (χ3v) is 4.36. The number of rotatable bonds is 1. The number of carbonyl (C=O) groups excluding carboxylic acids is 1. The minimum absolute atomic E-state index is 0.0418. The number of hydrogen-bond acceptors (Lipinski definition) is 3. The van der Waals surface area contributed by atoms with Gasteiger partial charge in [-0.15, -0.1) is 0 Å². The molecule has 1 aliphatic carbocycles. The third kappa shape index (κ3) is 1.99. The molecule has 1 amide bonds. The van der Waals surface area contributed by atoms with E-state index in [2.05, 4.69) is 9.97 Å². The van der Waals surface area contributed by atoms with Crippen LogP contribution < -0.4 is 0 Å². The van der Waals surface area contributed by atoms with Crippen molar-refractivity contribution in [1.29, 1.82) is 0 Å². The van der Waals surface area contributed by atoms with E-state index in [4.69, 9.17) is 11.6 Å². The van der Waals surface area contributed by atoms with Crippen molar-refractivity contribution in [1.82, 2.24) is 14.9 Å². The largest absolute Gasteiger partial charge is 0.337 e. The van der Waals surface area contributed by atoms with Gasteiger partial charge in [0.25, 0.3) is 5.91 Å². The maximum atomic E-state index is 12.4. The maximum Gasteiger partial charge on any atom is 0.274 e. The zero-order chi connectivity index (χ0) is 12.7. The number of nitrogens with zero attached hydrogens (tertiary/aromatic N) is 3.